The Labute approximate surface area is 192 Å². The van der Waals surface area contributed by atoms with E-state index in [1.807, 2.05) is 50.2 Å². The van der Waals surface area contributed by atoms with Gasteiger partial charge in [0.15, 0.2) is 0 Å². The Kier molecular flexibility index (Phi) is 7.98. The number of likely N-dealkylation sites (N-methyl/N-ethyl adjacent to an activating group) is 1. The molecule has 1 aliphatic rings. The van der Waals surface area contributed by atoms with Crippen LogP contribution in [0.2, 0.25) is 0 Å². The molecule has 0 aliphatic carbocycles. The largest absolute Gasteiger partial charge is 0.487 e. The van der Waals surface area contributed by atoms with Crippen LogP contribution in [0.15, 0.2) is 47.4 Å². The topological polar surface area (TPSA) is 70.1 Å². The maximum atomic E-state index is 13.6. The van der Waals surface area contributed by atoms with Crippen LogP contribution in [0.3, 0.4) is 0 Å². The fraction of sp³-hybridized carbons (Fsp3) is 0.520. The summed E-state index contributed by atoms with van der Waals surface area (Å²) in [6.45, 7) is 9.65. The highest BCUT2D eigenvalue weighted by Crippen LogP contribution is 2.36. The van der Waals surface area contributed by atoms with E-state index in [9.17, 15) is 13.5 Å². The number of hydrogen-bond acceptors (Lipinski definition) is 5. The summed E-state index contributed by atoms with van der Waals surface area (Å²) in [4.78, 5) is 2.38. The number of aliphatic hydroxyl groups excluding tert-OH is 1. The summed E-state index contributed by atoms with van der Waals surface area (Å²) >= 11 is 0. The maximum Gasteiger partial charge on any atom is 0.247 e. The molecule has 2 aromatic carbocycles. The molecule has 1 heterocycles. The van der Waals surface area contributed by atoms with Gasteiger partial charge in [0, 0.05) is 25.0 Å². The molecule has 7 heteroatoms. The number of nitrogens with zero attached hydrogens (tertiary/aromatic N) is 2. The Morgan fingerprint density at radius 1 is 1.19 bits per heavy atom. The Morgan fingerprint density at radius 2 is 1.84 bits per heavy atom. The summed E-state index contributed by atoms with van der Waals surface area (Å²) in [6.07, 6.45) is 0.857. The van der Waals surface area contributed by atoms with Gasteiger partial charge in [0.25, 0.3) is 0 Å². The molecule has 3 atom stereocenters. The molecule has 3 rings (SSSR count). The Hall–Kier alpha value is -1.93. The third-order valence-corrected chi connectivity index (χ3v) is 8.17. The first-order valence-electron chi connectivity index (χ1n) is 11.4. The Bertz CT molecular complexity index is 1010. The third-order valence-electron chi connectivity index (χ3n) is 6.15. The van der Waals surface area contributed by atoms with Gasteiger partial charge in [-0.3, -0.25) is 0 Å². The SMILES string of the molecule is CCCN(C)C[C@H]1Oc2cc(-c3ccc(C)cc3)ccc2S(=O)(=O)N([C@H](C)CO)C[C@H]1C. The van der Waals surface area contributed by atoms with Crippen molar-refractivity contribution in [2.75, 3.05) is 33.3 Å². The van der Waals surface area contributed by atoms with E-state index < -0.39 is 16.1 Å². The number of rotatable bonds is 7. The lowest BCUT2D eigenvalue weighted by atomic mass is 10.0. The number of hydrogen-bond donors (Lipinski definition) is 1. The molecule has 0 bridgehead atoms. The molecular formula is C25H36N2O4S. The summed E-state index contributed by atoms with van der Waals surface area (Å²) in [7, 11) is -1.76. The van der Waals surface area contributed by atoms with Crippen LogP contribution >= 0.6 is 0 Å². The van der Waals surface area contributed by atoms with E-state index in [4.69, 9.17) is 4.74 Å². The molecule has 6 nitrogen and oxygen atoms in total. The van der Waals surface area contributed by atoms with Crippen LogP contribution in [0.25, 0.3) is 11.1 Å². The van der Waals surface area contributed by atoms with Crippen molar-refractivity contribution >= 4 is 10.0 Å². The van der Waals surface area contributed by atoms with Crippen LogP contribution in [0.4, 0.5) is 0 Å². The number of aliphatic hydroxyl groups is 1. The molecule has 0 spiro atoms. The molecule has 1 aliphatic heterocycles. The number of sulfonamides is 1. The van der Waals surface area contributed by atoms with Crippen molar-refractivity contribution in [2.24, 2.45) is 5.92 Å². The van der Waals surface area contributed by atoms with Crippen LogP contribution in [0.1, 0.15) is 32.8 Å². The van der Waals surface area contributed by atoms with Crippen LogP contribution in [-0.4, -0.2) is 68.2 Å². The molecule has 176 valence electrons. The predicted octanol–water partition coefficient (Wildman–Crippen LogP) is 3.77. The van der Waals surface area contributed by atoms with Crippen LogP contribution in [0, 0.1) is 12.8 Å². The van der Waals surface area contributed by atoms with Gasteiger partial charge >= 0.3 is 0 Å². The molecule has 0 saturated heterocycles. The average molecular weight is 461 g/mol. The zero-order chi connectivity index (χ0) is 23.5. The number of ether oxygens (including phenoxy) is 1. The highest BCUT2D eigenvalue weighted by atomic mass is 32.2. The number of benzene rings is 2. The van der Waals surface area contributed by atoms with Crippen molar-refractivity contribution in [3.8, 4) is 16.9 Å². The minimum Gasteiger partial charge on any atom is -0.487 e. The standard InChI is InChI=1S/C25H36N2O4S/c1-6-13-26(5)16-24-19(3)15-27(20(4)17-28)32(29,30)25-12-11-22(14-23(25)31-24)21-9-7-18(2)8-10-21/h7-12,14,19-20,24,28H,6,13,15-17H2,1-5H3/t19-,20-,24-/m1/s1. The van der Waals surface area contributed by atoms with E-state index >= 15 is 0 Å². The van der Waals surface area contributed by atoms with Gasteiger partial charge in [-0.25, -0.2) is 8.42 Å². The van der Waals surface area contributed by atoms with Crippen LogP contribution in [-0.2, 0) is 10.0 Å². The third kappa shape index (κ3) is 5.34. The van der Waals surface area contributed by atoms with E-state index in [1.54, 1.807) is 13.0 Å². The first kappa shape index (κ1) is 24.7. The van der Waals surface area contributed by atoms with E-state index in [0.717, 1.165) is 24.1 Å². The van der Waals surface area contributed by atoms with E-state index in [0.29, 0.717) is 18.8 Å². The summed E-state index contributed by atoms with van der Waals surface area (Å²) < 4.78 is 35.0. The molecule has 0 fully saturated rings. The zero-order valence-corrected chi connectivity index (χ0v) is 20.6. The molecule has 0 amide bonds. The fourth-order valence-corrected chi connectivity index (χ4v) is 5.98. The second-order valence-corrected chi connectivity index (χ2v) is 10.9. The number of aryl methyl sites for hydroxylation is 1. The lowest BCUT2D eigenvalue weighted by Gasteiger charge is -2.37. The van der Waals surface area contributed by atoms with Gasteiger partial charge in [-0.1, -0.05) is 49.7 Å². The quantitative estimate of drug-likeness (QED) is 0.681. The first-order valence-corrected chi connectivity index (χ1v) is 12.8. The van der Waals surface area contributed by atoms with Gasteiger partial charge in [-0.2, -0.15) is 4.31 Å². The molecule has 1 N–H and O–H groups in total. The molecule has 0 saturated carbocycles. The summed E-state index contributed by atoms with van der Waals surface area (Å²) in [6, 6.07) is 12.9. The van der Waals surface area contributed by atoms with Crippen molar-refractivity contribution in [2.45, 2.75) is 51.2 Å². The highest BCUT2D eigenvalue weighted by Gasteiger charge is 2.38. The van der Waals surface area contributed by atoms with Gasteiger partial charge in [0.2, 0.25) is 10.0 Å². The second-order valence-electron chi connectivity index (χ2n) is 9.03. The lowest BCUT2D eigenvalue weighted by Crippen LogP contribution is -2.49. The highest BCUT2D eigenvalue weighted by molar-refractivity contribution is 7.89. The van der Waals surface area contributed by atoms with Gasteiger partial charge in [-0.05, 0) is 57.1 Å². The molecular weight excluding hydrogens is 424 g/mol. The molecule has 0 unspecified atom stereocenters. The van der Waals surface area contributed by atoms with E-state index in [-0.39, 0.29) is 23.5 Å². The smallest absolute Gasteiger partial charge is 0.247 e. The lowest BCUT2D eigenvalue weighted by molar-refractivity contribution is 0.0753. The van der Waals surface area contributed by atoms with Crippen molar-refractivity contribution < 1.29 is 18.3 Å². The van der Waals surface area contributed by atoms with Gasteiger partial charge < -0.3 is 14.7 Å². The maximum absolute atomic E-state index is 13.6. The normalized spacial score (nSPS) is 22.0. The van der Waals surface area contributed by atoms with E-state index in [1.165, 1.54) is 9.87 Å². The van der Waals surface area contributed by atoms with E-state index in [2.05, 4.69) is 18.9 Å². The fourth-order valence-electron chi connectivity index (χ4n) is 4.15. The van der Waals surface area contributed by atoms with Crippen LogP contribution in [0.5, 0.6) is 5.75 Å². The van der Waals surface area contributed by atoms with Crippen molar-refractivity contribution in [3.05, 3.63) is 48.0 Å². The summed E-state index contributed by atoms with van der Waals surface area (Å²) in [5, 5.41) is 9.77. The van der Waals surface area contributed by atoms with Gasteiger partial charge in [0.1, 0.15) is 16.7 Å². The van der Waals surface area contributed by atoms with Crippen molar-refractivity contribution in [3.63, 3.8) is 0 Å². The summed E-state index contributed by atoms with van der Waals surface area (Å²) in [5.74, 6) is 0.328. The molecule has 0 aromatic heterocycles. The second kappa shape index (κ2) is 10.3. The number of fused-ring (bicyclic) bond motifs is 1. The predicted molar refractivity (Wildman–Crippen MR) is 128 cm³/mol. The Balaban J connectivity index is 2.10. The summed E-state index contributed by atoms with van der Waals surface area (Å²) in [5.41, 5.74) is 3.09. The van der Waals surface area contributed by atoms with Crippen molar-refractivity contribution in [1.82, 2.24) is 9.21 Å². The minimum atomic E-state index is -3.82. The van der Waals surface area contributed by atoms with Gasteiger partial charge in [0.05, 0.1) is 6.61 Å². The Morgan fingerprint density at radius 3 is 2.47 bits per heavy atom. The van der Waals surface area contributed by atoms with Gasteiger partial charge in [-0.15, -0.1) is 0 Å². The average Bonchev–Trinajstić information content (AvgIpc) is 2.76. The molecule has 2 aromatic rings. The monoisotopic (exact) mass is 460 g/mol. The van der Waals surface area contributed by atoms with Crippen molar-refractivity contribution in [1.29, 1.82) is 0 Å². The minimum absolute atomic E-state index is 0.0470. The van der Waals surface area contributed by atoms with Crippen LogP contribution < -0.4 is 4.74 Å². The molecule has 0 radical (unpaired) electrons. The zero-order valence-electron chi connectivity index (χ0n) is 19.8. The first-order chi connectivity index (χ1) is 15.2. The molecule has 32 heavy (non-hydrogen) atoms.